The number of pyridine rings is 2. The van der Waals surface area contributed by atoms with Gasteiger partial charge in [-0.25, -0.2) is 19.3 Å². The molecule has 0 unspecified atom stereocenters. The lowest BCUT2D eigenvalue weighted by molar-refractivity contribution is -0.0935. The number of fused-ring (bicyclic) bond motifs is 2. The first-order valence-corrected chi connectivity index (χ1v) is 12.1. The highest BCUT2D eigenvalue weighted by Crippen LogP contribution is 2.33. The summed E-state index contributed by atoms with van der Waals surface area (Å²) in [5.74, 6) is 0. The first kappa shape index (κ1) is 21.6. The number of aromatic amines is 1. The van der Waals surface area contributed by atoms with E-state index < -0.39 is 0 Å². The number of ether oxygens (including phenoxy) is 2. The van der Waals surface area contributed by atoms with Gasteiger partial charge in [0.25, 0.3) is 0 Å². The van der Waals surface area contributed by atoms with Gasteiger partial charge in [0.15, 0.2) is 5.65 Å². The van der Waals surface area contributed by atoms with Gasteiger partial charge < -0.3 is 14.5 Å². The fourth-order valence-corrected chi connectivity index (χ4v) is 5.37. The number of nitrogens with zero attached hydrogens (tertiary/aromatic N) is 4. The standard InChI is InChI=1S/C25H26ClN5O3/c1-15-19(11-27-23-22(15)20(26)12-28-23)16-9-21-24(29-10-16)31(17-5-3-2-4-6-17)25(32)30(21)13-18-14-33-7-8-34-18/h5,9-12,18H,2-4,6-8,13-14H2,1H3,(H,27,28)/t18-/m0/s1. The molecule has 1 saturated heterocycles. The highest BCUT2D eigenvalue weighted by molar-refractivity contribution is 6.35. The molecule has 9 heteroatoms. The van der Waals surface area contributed by atoms with Crippen molar-refractivity contribution in [3.63, 3.8) is 0 Å². The summed E-state index contributed by atoms with van der Waals surface area (Å²) in [6.07, 6.45) is 11.5. The lowest BCUT2D eigenvalue weighted by Crippen LogP contribution is -2.36. The highest BCUT2D eigenvalue weighted by Gasteiger charge is 2.23. The summed E-state index contributed by atoms with van der Waals surface area (Å²) in [7, 11) is 0. The van der Waals surface area contributed by atoms with E-state index in [1.807, 2.05) is 25.4 Å². The van der Waals surface area contributed by atoms with Crippen LogP contribution in [0.25, 0.3) is 39.0 Å². The summed E-state index contributed by atoms with van der Waals surface area (Å²) >= 11 is 6.41. The number of hydrogen-bond acceptors (Lipinski definition) is 5. The van der Waals surface area contributed by atoms with Gasteiger partial charge in [0, 0.05) is 40.8 Å². The van der Waals surface area contributed by atoms with Gasteiger partial charge in [-0.2, -0.15) is 0 Å². The molecule has 0 bridgehead atoms. The van der Waals surface area contributed by atoms with Crippen LogP contribution in [-0.2, 0) is 16.0 Å². The number of hydrogen-bond donors (Lipinski definition) is 1. The quantitative estimate of drug-likeness (QED) is 0.464. The van der Waals surface area contributed by atoms with Crippen molar-refractivity contribution in [2.24, 2.45) is 0 Å². The fraction of sp³-hybridized carbons (Fsp3) is 0.400. The van der Waals surface area contributed by atoms with Gasteiger partial charge in [0.05, 0.1) is 43.0 Å². The molecule has 0 aromatic carbocycles. The predicted molar refractivity (Wildman–Crippen MR) is 132 cm³/mol. The smallest absolute Gasteiger partial charge is 0.334 e. The molecule has 2 aliphatic rings. The molecule has 1 atom stereocenters. The summed E-state index contributed by atoms with van der Waals surface area (Å²) in [5, 5.41) is 1.53. The van der Waals surface area contributed by atoms with Gasteiger partial charge in [-0.05, 0) is 44.2 Å². The zero-order valence-electron chi connectivity index (χ0n) is 19.0. The van der Waals surface area contributed by atoms with Crippen LogP contribution in [0, 0.1) is 6.92 Å². The first-order chi connectivity index (χ1) is 16.6. The third kappa shape index (κ3) is 3.57. The Balaban J connectivity index is 1.53. The Morgan fingerprint density at radius 1 is 1.24 bits per heavy atom. The van der Waals surface area contributed by atoms with Gasteiger partial charge in [0.2, 0.25) is 0 Å². The zero-order chi connectivity index (χ0) is 23.2. The Morgan fingerprint density at radius 3 is 2.94 bits per heavy atom. The molecule has 1 fully saturated rings. The summed E-state index contributed by atoms with van der Waals surface area (Å²) in [6, 6.07) is 2.03. The van der Waals surface area contributed by atoms with Crippen LogP contribution in [0.3, 0.4) is 0 Å². The Kier molecular flexibility index (Phi) is 5.51. The summed E-state index contributed by atoms with van der Waals surface area (Å²) in [5.41, 5.74) is 5.99. The molecule has 1 aliphatic heterocycles. The average Bonchev–Trinajstić information content (AvgIpc) is 3.38. The third-order valence-corrected chi connectivity index (χ3v) is 7.12. The van der Waals surface area contributed by atoms with E-state index in [1.54, 1.807) is 15.3 Å². The maximum absolute atomic E-state index is 13.7. The van der Waals surface area contributed by atoms with Gasteiger partial charge in [0.1, 0.15) is 5.65 Å². The SMILES string of the molecule is Cc1c(-c2cnc3c(c2)n(C[C@H]2COCCO2)c(=O)n3C2=CCCCC2)cnc2[nH]cc(Cl)c12. The van der Waals surface area contributed by atoms with Crippen molar-refractivity contribution in [2.75, 3.05) is 19.8 Å². The van der Waals surface area contributed by atoms with E-state index in [2.05, 4.69) is 16.0 Å². The predicted octanol–water partition coefficient (Wildman–Crippen LogP) is 4.53. The van der Waals surface area contributed by atoms with Crippen LogP contribution in [0.15, 0.2) is 35.5 Å². The molecule has 4 aromatic rings. The monoisotopic (exact) mass is 479 g/mol. The van der Waals surface area contributed by atoms with Crippen LogP contribution >= 0.6 is 11.6 Å². The number of aromatic nitrogens is 5. The number of rotatable bonds is 4. The average molecular weight is 480 g/mol. The molecule has 0 spiro atoms. The van der Waals surface area contributed by atoms with E-state index in [1.165, 1.54) is 0 Å². The molecule has 4 aromatic heterocycles. The second-order valence-electron chi connectivity index (χ2n) is 8.96. The third-order valence-electron chi connectivity index (χ3n) is 6.82. The largest absolute Gasteiger partial charge is 0.376 e. The molecule has 8 nitrogen and oxygen atoms in total. The second-order valence-corrected chi connectivity index (χ2v) is 9.37. The topological polar surface area (TPSA) is 87.0 Å². The van der Waals surface area contributed by atoms with E-state index in [0.717, 1.165) is 64.6 Å². The zero-order valence-corrected chi connectivity index (χ0v) is 19.8. The minimum Gasteiger partial charge on any atom is -0.376 e. The molecule has 5 heterocycles. The molecule has 0 saturated carbocycles. The Labute approximate surface area is 201 Å². The summed E-state index contributed by atoms with van der Waals surface area (Å²) < 4.78 is 15.0. The molecule has 6 rings (SSSR count). The molecular formula is C25H26ClN5O3. The van der Waals surface area contributed by atoms with Crippen LogP contribution in [0.1, 0.15) is 31.2 Å². The molecule has 0 amide bonds. The van der Waals surface area contributed by atoms with Crippen molar-refractivity contribution in [1.29, 1.82) is 0 Å². The van der Waals surface area contributed by atoms with Crippen molar-refractivity contribution in [3.05, 3.63) is 51.8 Å². The van der Waals surface area contributed by atoms with Gasteiger partial charge in [-0.1, -0.05) is 17.7 Å². The fourth-order valence-electron chi connectivity index (χ4n) is 5.08. The Bertz CT molecular complexity index is 1480. The number of nitrogens with one attached hydrogen (secondary N) is 1. The van der Waals surface area contributed by atoms with E-state index in [9.17, 15) is 4.79 Å². The highest BCUT2D eigenvalue weighted by atomic mass is 35.5. The van der Waals surface area contributed by atoms with Gasteiger partial charge in [-0.3, -0.25) is 4.57 Å². The van der Waals surface area contributed by atoms with E-state index in [4.69, 9.17) is 26.1 Å². The van der Waals surface area contributed by atoms with Crippen molar-refractivity contribution in [1.82, 2.24) is 24.1 Å². The Hall–Kier alpha value is -2.94. The van der Waals surface area contributed by atoms with E-state index >= 15 is 0 Å². The number of halogens is 1. The van der Waals surface area contributed by atoms with Crippen LogP contribution < -0.4 is 5.69 Å². The van der Waals surface area contributed by atoms with Crippen LogP contribution in [0.2, 0.25) is 5.02 Å². The number of imidazole rings is 1. The lowest BCUT2D eigenvalue weighted by atomic mass is 10.0. The van der Waals surface area contributed by atoms with Gasteiger partial charge >= 0.3 is 5.69 Å². The number of H-pyrrole nitrogens is 1. The van der Waals surface area contributed by atoms with Gasteiger partial charge in [-0.15, -0.1) is 0 Å². The van der Waals surface area contributed by atoms with Crippen LogP contribution in [0.4, 0.5) is 0 Å². The lowest BCUT2D eigenvalue weighted by Gasteiger charge is -2.23. The summed E-state index contributed by atoms with van der Waals surface area (Å²) in [6.45, 7) is 4.04. The maximum atomic E-state index is 13.7. The number of allylic oxidation sites excluding steroid dienone is 2. The maximum Gasteiger partial charge on any atom is 0.334 e. The van der Waals surface area contributed by atoms with E-state index in [-0.39, 0.29) is 11.8 Å². The second kappa shape index (κ2) is 8.69. The van der Waals surface area contributed by atoms with Crippen LogP contribution in [-0.4, -0.2) is 50.0 Å². The van der Waals surface area contributed by atoms with E-state index in [0.29, 0.717) is 37.0 Å². The normalized spacial score (nSPS) is 19.1. The molecule has 1 aliphatic carbocycles. The van der Waals surface area contributed by atoms with Crippen LogP contribution in [0.5, 0.6) is 0 Å². The van der Waals surface area contributed by atoms with Crippen molar-refractivity contribution >= 4 is 39.5 Å². The molecule has 176 valence electrons. The minimum atomic E-state index is -0.173. The van der Waals surface area contributed by atoms with Crippen molar-refractivity contribution < 1.29 is 9.47 Å². The number of aryl methyl sites for hydroxylation is 1. The molecule has 0 radical (unpaired) electrons. The van der Waals surface area contributed by atoms with Crippen molar-refractivity contribution in [2.45, 2.75) is 45.3 Å². The Morgan fingerprint density at radius 2 is 2.15 bits per heavy atom. The van der Waals surface area contributed by atoms with Crippen molar-refractivity contribution in [3.8, 4) is 11.1 Å². The molecular weight excluding hydrogens is 454 g/mol. The molecule has 34 heavy (non-hydrogen) atoms. The minimum absolute atomic E-state index is 0.0825. The molecule has 1 N–H and O–H groups in total. The first-order valence-electron chi connectivity index (χ1n) is 11.7. The summed E-state index contributed by atoms with van der Waals surface area (Å²) in [4.78, 5) is 26.1.